The molecular formula is C16H24ClNO2. The van der Waals surface area contributed by atoms with Crippen LogP contribution in [0.15, 0.2) is 24.3 Å². The quantitative estimate of drug-likeness (QED) is 0.876. The fraction of sp³-hybridized carbons (Fsp3) is 0.625. The van der Waals surface area contributed by atoms with E-state index in [4.69, 9.17) is 16.3 Å². The predicted octanol–water partition coefficient (Wildman–Crippen LogP) is 3.05. The molecule has 3 nitrogen and oxygen atoms in total. The normalized spacial score (nSPS) is 19.8. The molecule has 0 spiro atoms. The Balaban J connectivity index is 2.02. The van der Waals surface area contributed by atoms with Gasteiger partial charge in [-0.3, -0.25) is 4.90 Å². The van der Waals surface area contributed by atoms with Crippen LogP contribution in [0.3, 0.4) is 0 Å². The van der Waals surface area contributed by atoms with Crippen LogP contribution >= 0.6 is 11.6 Å². The standard InChI is InChI=1S/C16H24ClNO2/c1-2-7-16(19,14-3-5-15(17)6-4-14)8-9-18-10-12-20-13-11-18/h3-6,19H,2,7-13H2,1H3/t16-/m1/s1. The number of benzene rings is 1. The third-order valence-electron chi connectivity index (χ3n) is 3.99. The van der Waals surface area contributed by atoms with E-state index in [1.165, 1.54) is 0 Å². The molecule has 0 saturated carbocycles. The van der Waals surface area contributed by atoms with E-state index in [-0.39, 0.29) is 0 Å². The first kappa shape index (κ1) is 15.8. The highest BCUT2D eigenvalue weighted by molar-refractivity contribution is 6.30. The lowest BCUT2D eigenvalue weighted by atomic mass is 9.86. The fourth-order valence-electron chi connectivity index (χ4n) is 2.76. The first-order valence-corrected chi connectivity index (χ1v) is 7.80. The van der Waals surface area contributed by atoms with Gasteiger partial charge in [0.2, 0.25) is 0 Å². The van der Waals surface area contributed by atoms with Gasteiger partial charge in [0.25, 0.3) is 0 Å². The van der Waals surface area contributed by atoms with Crippen LogP contribution in [-0.2, 0) is 10.3 Å². The van der Waals surface area contributed by atoms with Gasteiger partial charge in [0.15, 0.2) is 0 Å². The van der Waals surface area contributed by atoms with Crippen molar-refractivity contribution < 1.29 is 9.84 Å². The number of halogens is 1. The van der Waals surface area contributed by atoms with Gasteiger partial charge in [-0.1, -0.05) is 37.1 Å². The summed E-state index contributed by atoms with van der Waals surface area (Å²) in [5.41, 5.74) is 0.217. The van der Waals surface area contributed by atoms with Crippen LogP contribution in [0, 0.1) is 0 Å². The smallest absolute Gasteiger partial charge is 0.0908 e. The van der Waals surface area contributed by atoms with Gasteiger partial charge in [-0.15, -0.1) is 0 Å². The molecule has 1 aromatic carbocycles. The summed E-state index contributed by atoms with van der Waals surface area (Å²) >= 11 is 5.93. The maximum absolute atomic E-state index is 11.0. The lowest BCUT2D eigenvalue weighted by molar-refractivity contribution is -0.0102. The Hall–Kier alpha value is -0.610. The van der Waals surface area contributed by atoms with E-state index in [1.54, 1.807) is 0 Å². The van der Waals surface area contributed by atoms with Crippen LogP contribution in [0.25, 0.3) is 0 Å². The number of nitrogens with zero attached hydrogens (tertiary/aromatic N) is 1. The third kappa shape index (κ3) is 4.19. The first-order chi connectivity index (χ1) is 9.64. The molecule has 0 amide bonds. The number of aliphatic hydroxyl groups is 1. The first-order valence-electron chi connectivity index (χ1n) is 7.42. The van der Waals surface area contributed by atoms with Gasteiger partial charge in [-0.2, -0.15) is 0 Å². The maximum Gasteiger partial charge on any atom is 0.0908 e. The second kappa shape index (κ2) is 7.41. The second-order valence-corrected chi connectivity index (χ2v) is 5.93. The molecule has 0 aliphatic carbocycles. The van der Waals surface area contributed by atoms with Crippen molar-refractivity contribution in [2.24, 2.45) is 0 Å². The Kier molecular flexibility index (Phi) is 5.85. The topological polar surface area (TPSA) is 32.7 Å². The number of morpholine rings is 1. The minimum atomic E-state index is -0.752. The molecule has 0 radical (unpaired) electrons. The van der Waals surface area contributed by atoms with E-state index in [9.17, 15) is 5.11 Å². The summed E-state index contributed by atoms with van der Waals surface area (Å²) in [6.07, 6.45) is 2.49. The number of ether oxygens (including phenoxy) is 1. The molecule has 1 N–H and O–H groups in total. The lowest BCUT2D eigenvalue weighted by Crippen LogP contribution is -2.40. The van der Waals surface area contributed by atoms with Gasteiger partial charge in [0, 0.05) is 24.7 Å². The molecule has 2 rings (SSSR count). The molecular weight excluding hydrogens is 274 g/mol. The third-order valence-corrected chi connectivity index (χ3v) is 4.24. The fourth-order valence-corrected chi connectivity index (χ4v) is 2.88. The minimum absolute atomic E-state index is 0.709. The Morgan fingerprint density at radius 2 is 1.85 bits per heavy atom. The van der Waals surface area contributed by atoms with Crippen molar-refractivity contribution in [3.63, 3.8) is 0 Å². The van der Waals surface area contributed by atoms with Gasteiger partial charge in [0.1, 0.15) is 0 Å². The molecule has 1 atom stereocenters. The van der Waals surface area contributed by atoms with E-state index in [0.29, 0.717) is 5.02 Å². The van der Waals surface area contributed by atoms with E-state index >= 15 is 0 Å². The van der Waals surface area contributed by atoms with Crippen molar-refractivity contribution in [3.05, 3.63) is 34.9 Å². The van der Waals surface area contributed by atoms with Gasteiger partial charge in [-0.05, 0) is 30.5 Å². The van der Waals surface area contributed by atoms with E-state index in [1.807, 2.05) is 24.3 Å². The zero-order valence-corrected chi connectivity index (χ0v) is 12.9. The molecule has 1 aliphatic rings. The highest BCUT2D eigenvalue weighted by atomic mass is 35.5. The van der Waals surface area contributed by atoms with Gasteiger partial charge < -0.3 is 9.84 Å². The zero-order chi connectivity index (χ0) is 14.4. The maximum atomic E-state index is 11.0. The van der Waals surface area contributed by atoms with Crippen molar-refractivity contribution in [2.45, 2.75) is 31.8 Å². The van der Waals surface area contributed by atoms with E-state index in [0.717, 1.165) is 57.7 Å². The zero-order valence-electron chi connectivity index (χ0n) is 12.1. The molecule has 20 heavy (non-hydrogen) atoms. The monoisotopic (exact) mass is 297 g/mol. The summed E-state index contributed by atoms with van der Waals surface area (Å²) in [7, 11) is 0. The molecule has 0 bridgehead atoms. The van der Waals surface area contributed by atoms with Gasteiger partial charge in [0.05, 0.1) is 18.8 Å². The SMILES string of the molecule is CCC[C@@](O)(CCN1CCOCC1)c1ccc(Cl)cc1. The average Bonchev–Trinajstić information content (AvgIpc) is 2.47. The van der Waals surface area contributed by atoms with E-state index < -0.39 is 5.60 Å². The minimum Gasteiger partial charge on any atom is -0.385 e. The summed E-state index contributed by atoms with van der Waals surface area (Å²) in [5.74, 6) is 0. The molecule has 0 unspecified atom stereocenters. The highest BCUT2D eigenvalue weighted by Gasteiger charge is 2.29. The molecule has 1 saturated heterocycles. The predicted molar refractivity (Wildman–Crippen MR) is 82.1 cm³/mol. The second-order valence-electron chi connectivity index (χ2n) is 5.49. The van der Waals surface area contributed by atoms with Gasteiger partial charge >= 0.3 is 0 Å². The van der Waals surface area contributed by atoms with Crippen LogP contribution < -0.4 is 0 Å². The van der Waals surface area contributed by atoms with Crippen molar-refractivity contribution in [2.75, 3.05) is 32.8 Å². The van der Waals surface area contributed by atoms with Gasteiger partial charge in [-0.25, -0.2) is 0 Å². The number of hydrogen-bond acceptors (Lipinski definition) is 3. The summed E-state index contributed by atoms with van der Waals surface area (Å²) < 4.78 is 5.36. The molecule has 1 heterocycles. The Morgan fingerprint density at radius 3 is 2.45 bits per heavy atom. The molecule has 1 aliphatic heterocycles. The van der Waals surface area contributed by atoms with Crippen molar-refractivity contribution in [3.8, 4) is 0 Å². The molecule has 4 heteroatoms. The molecule has 1 fully saturated rings. The van der Waals surface area contributed by atoms with Crippen LogP contribution in [-0.4, -0.2) is 42.9 Å². The molecule has 112 valence electrons. The van der Waals surface area contributed by atoms with Crippen molar-refractivity contribution >= 4 is 11.6 Å². The number of rotatable bonds is 6. The van der Waals surface area contributed by atoms with Crippen LogP contribution in [0.1, 0.15) is 31.7 Å². The van der Waals surface area contributed by atoms with Crippen LogP contribution in [0.5, 0.6) is 0 Å². The highest BCUT2D eigenvalue weighted by Crippen LogP contribution is 2.31. The molecule has 1 aromatic rings. The largest absolute Gasteiger partial charge is 0.385 e. The van der Waals surface area contributed by atoms with E-state index in [2.05, 4.69) is 11.8 Å². The summed E-state index contributed by atoms with van der Waals surface area (Å²) in [6.45, 7) is 6.53. The Bertz CT molecular complexity index is 403. The number of hydrogen-bond donors (Lipinski definition) is 1. The van der Waals surface area contributed by atoms with Crippen LogP contribution in [0.4, 0.5) is 0 Å². The summed E-state index contributed by atoms with van der Waals surface area (Å²) in [6, 6.07) is 7.59. The Morgan fingerprint density at radius 1 is 1.20 bits per heavy atom. The Labute approximate surface area is 126 Å². The van der Waals surface area contributed by atoms with Crippen molar-refractivity contribution in [1.82, 2.24) is 4.90 Å². The summed E-state index contributed by atoms with van der Waals surface area (Å²) in [4.78, 5) is 2.36. The van der Waals surface area contributed by atoms with Crippen molar-refractivity contribution in [1.29, 1.82) is 0 Å². The van der Waals surface area contributed by atoms with Crippen LogP contribution in [0.2, 0.25) is 5.02 Å². The lowest BCUT2D eigenvalue weighted by Gasteiger charge is -2.33. The average molecular weight is 298 g/mol. The summed E-state index contributed by atoms with van der Waals surface area (Å²) in [5, 5.41) is 11.7. The molecule has 0 aromatic heterocycles.